The van der Waals surface area contributed by atoms with Gasteiger partial charge in [0.05, 0.1) is 12.2 Å². The maximum absolute atomic E-state index is 12.7. The fourth-order valence-electron chi connectivity index (χ4n) is 3.33. The van der Waals surface area contributed by atoms with Crippen molar-refractivity contribution < 1.29 is 19.1 Å². The number of nitrogens with one attached hydrogen (secondary N) is 1. The molecule has 1 aromatic carbocycles. The second-order valence-electron chi connectivity index (χ2n) is 7.13. The second-order valence-corrected chi connectivity index (χ2v) is 8.24. The molecule has 0 unspecified atom stereocenters. The first-order valence-corrected chi connectivity index (χ1v) is 10.6. The number of fused-ring (bicyclic) bond motifs is 1. The number of aryl methyl sites for hydroxylation is 3. The minimum atomic E-state index is -0.684. The van der Waals surface area contributed by atoms with E-state index in [1.807, 2.05) is 32.0 Å². The van der Waals surface area contributed by atoms with Crippen LogP contribution >= 0.6 is 11.3 Å². The van der Waals surface area contributed by atoms with Crippen LogP contribution in [0.2, 0.25) is 0 Å². The Morgan fingerprint density at radius 1 is 1.18 bits per heavy atom. The predicted molar refractivity (Wildman–Crippen MR) is 112 cm³/mol. The minimum absolute atomic E-state index is 0.276. The molecule has 0 saturated carbocycles. The van der Waals surface area contributed by atoms with Crippen molar-refractivity contribution in [2.24, 2.45) is 0 Å². The molecule has 1 amide bonds. The molecule has 28 heavy (non-hydrogen) atoms. The van der Waals surface area contributed by atoms with E-state index in [9.17, 15) is 9.59 Å². The molecule has 0 radical (unpaired) electrons. The third-order valence-corrected chi connectivity index (χ3v) is 6.26. The molecule has 1 aliphatic rings. The Morgan fingerprint density at radius 3 is 2.64 bits per heavy atom. The molecule has 0 saturated heterocycles. The highest BCUT2D eigenvalue weighted by Gasteiger charge is 2.28. The van der Waals surface area contributed by atoms with E-state index >= 15 is 0 Å². The summed E-state index contributed by atoms with van der Waals surface area (Å²) in [4.78, 5) is 26.4. The molecule has 2 aromatic rings. The third-order valence-electron chi connectivity index (χ3n) is 5.05. The molecule has 1 atom stereocenters. The van der Waals surface area contributed by atoms with Crippen LogP contribution in [0.5, 0.6) is 5.75 Å². The van der Waals surface area contributed by atoms with Crippen molar-refractivity contribution in [2.45, 2.75) is 59.5 Å². The average Bonchev–Trinajstić information content (AvgIpc) is 3.02. The van der Waals surface area contributed by atoms with Gasteiger partial charge in [-0.05, 0) is 82.2 Å². The maximum Gasteiger partial charge on any atom is 0.341 e. The van der Waals surface area contributed by atoms with Crippen LogP contribution in [0.25, 0.3) is 0 Å². The van der Waals surface area contributed by atoms with Gasteiger partial charge in [-0.3, -0.25) is 4.79 Å². The normalized spacial score (nSPS) is 14.1. The van der Waals surface area contributed by atoms with E-state index < -0.39 is 6.10 Å². The van der Waals surface area contributed by atoms with Gasteiger partial charge >= 0.3 is 5.97 Å². The molecule has 1 aliphatic carbocycles. The minimum Gasteiger partial charge on any atom is -0.481 e. The Bertz CT molecular complexity index is 887. The van der Waals surface area contributed by atoms with Crippen molar-refractivity contribution in [3.63, 3.8) is 0 Å². The number of hydrogen-bond donors (Lipinski definition) is 1. The van der Waals surface area contributed by atoms with Crippen LogP contribution in [0.1, 0.15) is 58.6 Å². The van der Waals surface area contributed by atoms with Crippen molar-refractivity contribution in [1.29, 1.82) is 0 Å². The summed E-state index contributed by atoms with van der Waals surface area (Å²) in [6.45, 7) is 7.85. The van der Waals surface area contributed by atoms with Gasteiger partial charge in [0.15, 0.2) is 6.10 Å². The van der Waals surface area contributed by atoms with Crippen LogP contribution in [0.3, 0.4) is 0 Å². The van der Waals surface area contributed by atoms with Crippen LogP contribution < -0.4 is 10.1 Å². The molecule has 150 valence electrons. The van der Waals surface area contributed by atoms with Crippen molar-refractivity contribution in [3.8, 4) is 5.75 Å². The van der Waals surface area contributed by atoms with Crippen molar-refractivity contribution in [1.82, 2.24) is 0 Å². The molecule has 0 bridgehead atoms. The van der Waals surface area contributed by atoms with Crippen LogP contribution in [0.15, 0.2) is 18.2 Å². The maximum atomic E-state index is 12.7. The standard InChI is InChI=1S/C22H27NO4S/c1-5-26-22(25)19-17-8-6-7-9-18(17)28-21(19)23-20(24)15(4)27-16-11-10-13(2)14(3)12-16/h10-12,15H,5-9H2,1-4H3,(H,23,24)/t15-/m1/s1. The molecule has 0 fully saturated rings. The molecular weight excluding hydrogens is 374 g/mol. The highest BCUT2D eigenvalue weighted by atomic mass is 32.1. The van der Waals surface area contributed by atoms with E-state index in [2.05, 4.69) is 5.32 Å². The Balaban J connectivity index is 1.78. The molecule has 5 nitrogen and oxygen atoms in total. The Hall–Kier alpha value is -2.34. The monoisotopic (exact) mass is 401 g/mol. The van der Waals surface area contributed by atoms with Gasteiger partial charge in [-0.1, -0.05) is 6.07 Å². The van der Waals surface area contributed by atoms with Gasteiger partial charge in [-0.25, -0.2) is 4.79 Å². The number of thiophene rings is 1. The fourth-order valence-corrected chi connectivity index (χ4v) is 4.61. The van der Waals surface area contributed by atoms with Gasteiger partial charge in [0, 0.05) is 4.88 Å². The summed E-state index contributed by atoms with van der Waals surface area (Å²) in [5.41, 5.74) is 3.84. The summed E-state index contributed by atoms with van der Waals surface area (Å²) < 4.78 is 11.1. The lowest BCUT2D eigenvalue weighted by Crippen LogP contribution is -2.30. The zero-order valence-electron chi connectivity index (χ0n) is 16.9. The van der Waals surface area contributed by atoms with Gasteiger partial charge in [0.25, 0.3) is 5.91 Å². The topological polar surface area (TPSA) is 64.6 Å². The lowest BCUT2D eigenvalue weighted by atomic mass is 9.95. The highest BCUT2D eigenvalue weighted by molar-refractivity contribution is 7.17. The van der Waals surface area contributed by atoms with E-state index in [0.29, 0.717) is 22.9 Å². The van der Waals surface area contributed by atoms with Crippen LogP contribution in [0.4, 0.5) is 5.00 Å². The van der Waals surface area contributed by atoms with E-state index in [0.717, 1.165) is 36.8 Å². The predicted octanol–water partition coefficient (Wildman–Crippen LogP) is 4.83. The summed E-state index contributed by atoms with van der Waals surface area (Å²) in [6, 6.07) is 5.76. The molecule has 0 aliphatic heterocycles. The van der Waals surface area contributed by atoms with Gasteiger partial charge < -0.3 is 14.8 Å². The number of esters is 1. The summed E-state index contributed by atoms with van der Waals surface area (Å²) in [5.74, 6) is 0.0177. The molecule has 0 spiro atoms. The van der Waals surface area contributed by atoms with Crippen LogP contribution in [-0.2, 0) is 22.4 Å². The number of anilines is 1. The summed E-state index contributed by atoms with van der Waals surface area (Å²) >= 11 is 1.48. The first-order chi connectivity index (χ1) is 13.4. The van der Waals surface area contributed by atoms with Gasteiger partial charge in [-0.15, -0.1) is 11.3 Å². The number of benzene rings is 1. The van der Waals surface area contributed by atoms with Gasteiger partial charge in [0.2, 0.25) is 0 Å². The molecule has 1 heterocycles. The Morgan fingerprint density at radius 2 is 1.93 bits per heavy atom. The lowest BCUT2D eigenvalue weighted by molar-refractivity contribution is -0.122. The number of carbonyl (C=O) groups excluding carboxylic acids is 2. The zero-order chi connectivity index (χ0) is 20.3. The van der Waals surface area contributed by atoms with E-state index in [4.69, 9.17) is 9.47 Å². The summed E-state index contributed by atoms with van der Waals surface area (Å²) in [6.07, 6.45) is 3.27. The number of rotatable bonds is 6. The average molecular weight is 402 g/mol. The summed E-state index contributed by atoms with van der Waals surface area (Å²) in [7, 11) is 0. The molecule has 1 N–H and O–H groups in total. The Labute approximate surface area is 170 Å². The Kier molecular flexibility index (Phi) is 6.39. The second kappa shape index (κ2) is 8.78. The van der Waals surface area contributed by atoms with E-state index in [-0.39, 0.29) is 11.9 Å². The number of hydrogen-bond acceptors (Lipinski definition) is 5. The first-order valence-electron chi connectivity index (χ1n) is 9.77. The molecule has 6 heteroatoms. The molecule has 3 rings (SSSR count). The van der Waals surface area contributed by atoms with Crippen LogP contribution in [0, 0.1) is 13.8 Å². The fraction of sp³-hybridized carbons (Fsp3) is 0.455. The van der Waals surface area contributed by atoms with Gasteiger partial charge in [-0.2, -0.15) is 0 Å². The van der Waals surface area contributed by atoms with Crippen molar-refractivity contribution in [3.05, 3.63) is 45.3 Å². The number of amides is 1. The van der Waals surface area contributed by atoms with E-state index in [1.54, 1.807) is 13.8 Å². The third kappa shape index (κ3) is 4.38. The smallest absolute Gasteiger partial charge is 0.341 e. The summed E-state index contributed by atoms with van der Waals surface area (Å²) in [5, 5.41) is 3.48. The lowest BCUT2D eigenvalue weighted by Gasteiger charge is -2.16. The van der Waals surface area contributed by atoms with Crippen molar-refractivity contribution >= 4 is 28.2 Å². The van der Waals surface area contributed by atoms with Crippen LogP contribution in [-0.4, -0.2) is 24.6 Å². The first kappa shape index (κ1) is 20.4. The molecular formula is C22H27NO4S. The van der Waals surface area contributed by atoms with Crippen molar-refractivity contribution in [2.75, 3.05) is 11.9 Å². The van der Waals surface area contributed by atoms with Gasteiger partial charge in [0.1, 0.15) is 10.8 Å². The quantitative estimate of drug-likeness (QED) is 0.705. The number of ether oxygens (including phenoxy) is 2. The zero-order valence-corrected chi connectivity index (χ0v) is 17.7. The molecule has 1 aromatic heterocycles. The largest absolute Gasteiger partial charge is 0.481 e. The highest BCUT2D eigenvalue weighted by Crippen LogP contribution is 2.38. The van der Waals surface area contributed by atoms with E-state index in [1.165, 1.54) is 21.8 Å². The SMILES string of the molecule is CCOC(=O)c1c(NC(=O)[C@@H](C)Oc2ccc(C)c(C)c2)sc2c1CCCC2. The number of carbonyl (C=O) groups is 2.